The number of ether oxygens (including phenoxy) is 1. The van der Waals surface area contributed by atoms with E-state index in [2.05, 4.69) is 0 Å². The highest BCUT2D eigenvalue weighted by molar-refractivity contribution is 6.54. The number of hydrogen-bond donors (Lipinski definition) is 0. The molecule has 130 valence electrons. The van der Waals surface area contributed by atoms with Crippen molar-refractivity contribution in [3.05, 3.63) is 11.8 Å². The fourth-order valence-corrected chi connectivity index (χ4v) is 2.25. The zero-order chi connectivity index (χ0) is 20.1. The number of nitrogens with zero attached hydrogens (tertiary/aromatic N) is 2. The molecular weight excluding hydrogens is 295 g/mol. The van der Waals surface area contributed by atoms with Crippen molar-refractivity contribution in [1.82, 2.24) is 9.80 Å². The molecule has 0 N–H and O–H groups in total. The maximum Gasteiger partial charge on any atom is 0.513 e. The van der Waals surface area contributed by atoms with Crippen LogP contribution < -0.4 is 0 Å². The van der Waals surface area contributed by atoms with Gasteiger partial charge in [-0.15, -0.1) is 0 Å². The largest absolute Gasteiger partial charge is 0.513 e. The minimum atomic E-state index is -2.37. The Labute approximate surface area is 144 Å². The molecule has 2 aliphatic heterocycles. The van der Waals surface area contributed by atoms with Gasteiger partial charge in [-0.25, -0.2) is 4.79 Å². The first kappa shape index (κ1) is 14.2. The van der Waals surface area contributed by atoms with Crippen LogP contribution in [0.15, 0.2) is 11.8 Å². The van der Waals surface area contributed by atoms with Crippen LogP contribution in [0.4, 0.5) is 4.79 Å². The van der Waals surface area contributed by atoms with Gasteiger partial charge in [0.05, 0.1) is 16.8 Å². The first-order valence-corrected chi connectivity index (χ1v) is 7.88. The van der Waals surface area contributed by atoms with Gasteiger partial charge in [-0.05, 0) is 48.5 Å². The molecule has 2 aliphatic rings. The monoisotopic (exact) mass is 327 g/mol. The maximum atomic E-state index is 12.4. The SMILES string of the molecule is [2H]C([2H])([2H])N1CCN(C(=O)OC(C)(C)C)C=C1B1OC(C)(C)C(C)(C)O1. The molecule has 0 radical (unpaired) electrons. The Morgan fingerprint density at radius 1 is 1.26 bits per heavy atom. The zero-order valence-electron chi connectivity index (χ0n) is 18.1. The smallest absolute Gasteiger partial charge is 0.443 e. The van der Waals surface area contributed by atoms with E-state index in [4.69, 9.17) is 18.2 Å². The van der Waals surface area contributed by atoms with Crippen molar-refractivity contribution in [2.24, 2.45) is 0 Å². The highest BCUT2D eigenvalue weighted by Gasteiger charge is 2.53. The molecule has 0 unspecified atom stereocenters. The molecule has 1 fully saturated rings. The fraction of sp³-hybridized carbons (Fsp3) is 0.812. The van der Waals surface area contributed by atoms with E-state index in [9.17, 15) is 4.79 Å². The lowest BCUT2D eigenvalue weighted by atomic mass is 9.83. The standard InChI is InChI=1S/C16H29BN2O4/c1-14(2,3)21-13(20)19-10-9-18(8)12(11-19)17-22-15(4,5)16(6,7)23-17/h11H,9-10H2,1-8H3/i8D3. The van der Waals surface area contributed by atoms with E-state index in [-0.39, 0.29) is 13.1 Å². The Kier molecular flexibility index (Phi) is 3.51. The lowest BCUT2D eigenvalue weighted by Gasteiger charge is -2.34. The van der Waals surface area contributed by atoms with E-state index < -0.39 is 37.0 Å². The Bertz CT molecular complexity index is 583. The van der Waals surface area contributed by atoms with Gasteiger partial charge in [-0.2, -0.15) is 0 Å². The van der Waals surface area contributed by atoms with Crippen molar-refractivity contribution < 1.29 is 23.0 Å². The second kappa shape index (κ2) is 5.70. The van der Waals surface area contributed by atoms with Gasteiger partial charge in [-0.3, -0.25) is 4.90 Å². The number of hydrogen-bond acceptors (Lipinski definition) is 5. The summed E-state index contributed by atoms with van der Waals surface area (Å²) in [6, 6.07) is 0. The topological polar surface area (TPSA) is 51.2 Å². The molecule has 1 saturated heterocycles. The highest BCUT2D eigenvalue weighted by Crippen LogP contribution is 2.39. The van der Waals surface area contributed by atoms with Crippen LogP contribution in [0, 0.1) is 0 Å². The second-order valence-electron chi connectivity index (χ2n) is 7.97. The Morgan fingerprint density at radius 3 is 2.30 bits per heavy atom. The first-order chi connectivity index (χ1) is 11.5. The number of rotatable bonds is 1. The minimum absolute atomic E-state index is 0.131. The van der Waals surface area contributed by atoms with Crippen LogP contribution >= 0.6 is 0 Å². The van der Waals surface area contributed by atoms with Gasteiger partial charge in [0.1, 0.15) is 5.60 Å². The van der Waals surface area contributed by atoms with Gasteiger partial charge in [-0.1, -0.05) is 0 Å². The van der Waals surface area contributed by atoms with Gasteiger partial charge in [0, 0.05) is 30.4 Å². The lowest BCUT2D eigenvalue weighted by Crippen LogP contribution is -2.45. The van der Waals surface area contributed by atoms with E-state index in [1.54, 1.807) is 20.8 Å². The van der Waals surface area contributed by atoms with Crippen molar-refractivity contribution in [3.63, 3.8) is 0 Å². The van der Waals surface area contributed by atoms with Gasteiger partial charge in [0.15, 0.2) is 0 Å². The van der Waals surface area contributed by atoms with Gasteiger partial charge in [0.2, 0.25) is 0 Å². The first-order valence-electron chi connectivity index (χ1n) is 9.38. The molecule has 0 atom stereocenters. The van der Waals surface area contributed by atoms with E-state index in [1.807, 2.05) is 27.7 Å². The van der Waals surface area contributed by atoms with Crippen LogP contribution in [0.3, 0.4) is 0 Å². The Hall–Kier alpha value is -1.21. The third-order valence-electron chi connectivity index (χ3n) is 4.29. The third-order valence-corrected chi connectivity index (χ3v) is 4.29. The molecular formula is C16H29BN2O4. The van der Waals surface area contributed by atoms with Crippen molar-refractivity contribution >= 4 is 13.2 Å². The van der Waals surface area contributed by atoms with Crippen LogP contribution in [0.1, 0.15) is 52.6 Å². The summed E-state index contributed by atoms with van der Waals surface area (Å²) in [5.74, 6) is 0. The normalized spacial score (nSPS) is 26.3. The second-order valence-corrected chi connectivity index (χ2v) is 7.97. The summed E-state index contributed by atoms with van der Waals surface area (Å²) >= 11 is 0. The van der Waals surface area contributed by atoms with Gasteiger partial charge >= 0.3 is 13.2 Å². The summed E-state index contributed by atoms with van der Waals surface area (Å²) < 4.78 is 40.8. The molecule has 0 aromatic heterocycles. The quantitative estimate of drug-likeness (QED) is 0.693. The molecule has 7 heteroatoms. The van der Waals surface area contributed by atoms with Crippen molar-refractivity contribution in [3.8, 4) is 0 Å². The predicted molar refractivity (Wildman–Crippen MR) is 89.7 cm³/mol. The van der Waals surface area contributed by atoms with E-state index >= 15 is 0 Å². The summed E-state index contributed by atoms with van der Waals surface area (Å²) in [5.41, 5.74) is -1.59. The number of amides is 1. The highest BCUT2D eigenvalue weighted by atomic mass is 16.7. The van der Waals surface area contributed by atoms with Gasteiger partial charge in [0.25, 0.3) is 0 Å². The lowest BCUT2D eigenvalue weighted by molar-refractivity contribution is 0.00578. The zero-order valence-corrected chi connectivity index (χ0v) is 15.1. The average Bonchev–Trinajstić information content (AvgIpc) is 2.64. The summed E-state index contributed by atoms with van der Waals surface area (Å²) in [5, 5.41) is 0. The van der Waals surface area contributed by atoms with Crippen molar-refractivity contribution in [2.45, 2.75) is 65.3 Å². The Balaban J connectivity index is 2.34. The van der Waals surface area contributed by atoms with Crippen LogP contribution in [0.2, 0.25) is 0 Å². The summed E-state index contributed by atoms with van der Waals surface area (Å²) in [7, 11) is -0.884. The molecule has 0 aromatic carbocycles. The summed E-state index contributed by atoms with van der Waals surface area (Å²) in [4.78, 5) is 15.0. The third kappa shape index (κ3) is 3.83. The molecule has 6 nitrogen and oxygen atoms in total. The maximum absolute atomic E-state index is 12.4. The van der Waals surface area contributed by atoms with Crippen LogP contribution in [-0.4, -0.2) is 59.9 Å². The predicted octanol–water partition coefficient (Wildman–Crippen LogP) is 2.64. The van der Waals surface area contributed by atoms with Crippen molar-refractivity contribution in [2.75, 3.05) is 20.1 Å². The van der Waals surface area contributed by atoms with E-state index in [0.717, 1.165) is 0 Å². The molecule has 0 aromatic rings. The van der Waals surface area contributed by atoms with Crippen LogP contribution in [-0.2, 0) is 14.0 Å². The van der Waals surface area contributed by atoms with Crippen molar-refractivity contribution in [1.29, 1.82) is 0 Å². The van der Waals surface area contributed by atoms with Gasteiger partial charge < -0.3 is 18.9 Å². The molecule has 23 heavy (non-hydrogen) atoms. The summed E-state index contributed by atoms with van der Waals surface area (Å²) in [6.45, 7) is 10.9. The number of carbonyl (C=O) groups excluding carboxylic acids is 1. The Morgan fingerprint density at radius 2 is 1.83 bits per heavy atom. The molecule has 2 heterocycles. The molecule has 2 rings (SSSR count). The molecule has 1 amide bonds. The molecule has 0 aliphatic carbocycles. The van der Waals surface area contributed by atoms with E-state index in [1.165, 1.54) is 16.0 Å². The average molecular weight is 327 g/mol. The fourth-order valence-electron chi connectivity index (χ4n) is 2.25. The van der Waals surface area contributed by atoms with Crippen LogP contribution in [0.5, 0.6) is 0 Å². The molecule has 0 spiro atoms. The summed E-state index contributed by atoms with van der Waals surface area (Å²) in [6.07, 6.45) is 0.934. The van der Waals surface area contributed by atoms with Crippen LogP contribution in [0.25, 0.3) is 0 Å². The molecule has 0 saturated carbocycles. The van der Waals surface area contributed by atoms with E-state index in [0.29, 0.717) is 5.60 Å². The number of carbonyl (C=O) groups is 1. The minimum Gasteiger partial charge on any atom is -0.443 e. The number of likely N-dealkylation sites (N-methyl/N-ethyl adjacent to an activating group) is 1. The molecule has 0 bridgehead atoms.